The van der Waals surface area contributed by atoms with Crippen LogP contribution in [0.3, 0.4) is 0 Å². The van der Waals surface area contributed by atoms with Crippen molar-refractivity contribution in [2.24, 2.45) is 0 Å². The average Bonchev–Trinajstić information content (AvgIpc) is 2.69. The monoisotopic (exact) mass is 410 g/mol. The average molecular weight is 413 g/mol. The largest absolute Gasteiger partial charge is 0.130 e. The highest BCUT2D eigenvalue weighted by molar-refractivity contribution is 9.11. The van der Waals surface area contributed by atoms with Gasteiger partial charge in [-0.2, -0.15) is 0 Å². The van der Waals surface area contributed by atoms with Crippen LogP contribution in [0.5, 0.6) is 0 Å². The van der Waals surface area contributed by atoms with E-state index in [0.29, 0.717) is 0 Å². The molecule has 5 heteroatoms. The van der Waals surface area contributed by atoms with Gasteiger partial charge in [0.1, 0.15) is 0 Å². The Kier molecular flexibility index (Phi) is 5.01. The summed E-state index contributed by atoms with van der Waals surface area (Å²) in [4.78, 5) is 2.69. The lowest BCUT2D eigenvalue weighted by Crippen LogP contribution is -1.88. The fourth-order valence-corrected chi connectivity index (χ4v) is 4.30. The Morgan fingerprint density at radius 2 is 1.94 bits per heavy atom. The minimum atomic E-state index is 0.201. The van der Waals surface area contributed by atoms with Gasteiger partial charge in [-0.15, -0.1) is 23.1 Å². The Morgan fingerprint density at radius 1 is 1.29 bits per heavy atom. The summed E-state index contributed by atoms with van der Waals surface area (Å²) in [6, 6.07) is 10.6. The van der Waals surface area contributed by atoms with Gasteiger partial charge in [0.15, 0.2) is 0 Å². The molecule has 0 aliphatic heterocycles. The molecular weight excluding hydrogens is 404 g/mol. The summed E-state index contributed by atoms with van der Waals surface area (Å²) in [5, 5.41) is 0.773. The van der Waals surface area contributed by atoms with Gasteiger partial charge >= 0.3 is 0 Å². The van der Waals surface area contributed by atoms with E-state index >= 15 is 0 Å². The van der Waals surface area contributed by atoms with E-state index in [9.17, 15) is 0 Å². The summed E-state index contributed by atoms with van der Waals surface area (Å²) in [5.41, 5.74) is 1.24. The molecule has 2 rings (SSSR count). The fourth-order valence-electron chi connectivity index (χ4n) is 1.43. The highest BCUT2D eigenvalue weighted by Gasteiger charge is 2.14. The topological polar surface area (TPSA) is 0 Å². The van der Waals surface area contributed by atoms with Crippen molar-refractivity contribution in [2.75, 3.05) is 6.26 Å². The van der Waals surface area contributed by atoms with Gasteiger partial charge < -0.3 is 0 Å². The lowest BCUT2D eigenvalue weighted by molar-refractivity contribution is 1.21. The van der Waals surface area contributed by atoms with Gasteiger partial charge in [-0.3, -0.25) is 0 Å². The number of thiophene rings is 1. The molecule has 0 saturated carbocycles. The van der Waals surface area contributed by atoms with Crippen molar-refractivity contribution in [2.45, 2.75) is 9.72 Å². The number of hydrogen-bond acceptors (Lipinski definition) is 2. The van der Waals surface area contributed by atoms with Crippen molar-refractivity contribution in [1.82, 2.24) is 0 Å². The van der Waals surface area contributed by atoms with Crippen molar-refractivity contribution in [3.05, 3.63) is 49.6 Å². The van der Waals surface area contributed by atoms with E-state index in [1.807, 2.05) is 6.07 Å². The van der Waals surface area contributed by atoms with Crippen molar-refractivity contribution < 1.29 is 0 Å². The maximum Gasteiger partial charge on any atom is 0.0887 e. The van der Waals surface area contributed by atoms with Crippen LogP contribution >= 0.6 is 66.6 Å². The van der Waals surface area contributed by atoms with Gasteiger partial charge in [-0.05, 0) is 45.9 Å². The normalized spacial score (nSPS) is 12.7. The molecule has 0 nitrogen and oxygen atoms in total. The summed E-state index contributed by atoms with van der Waals surface area (Å²) in [7, 11) is 0. The second-order valence-corrected chi connectivity index (χ2v) is 8.01. The summed E-state index contributed by atoms with van der Waals surface area (Å²) < 4.78 is 0.986. The summed E-state index contributed by atoms with van der Waals surface area (Å²) >= 11 is 16.6. The Morgan fingerprint density at radius 3 is 2.41 bits per heavy atom. The van der Waals surface area contributed by atoms with Crippen LogP contribution in [0.25, 0.3) is 0 Å². The van der Waals surface area contributed by atoms with Gasteiger partial charge in [0.25, 0.3) is 0 Å². The molecule has 0 aliphatic rings. The molecule has 1 atom stereocenters. The molecular formula is C12H9Br2ClS2. The quantitative estimate of drug-likeness (QED) is 0.417. The van der Waals surface area contributed by atoms with E-state index in [1.54, 1.807) is 23.1 Å². The number of halogens is 3. The lowest BCUT2D eigenvalue weighted by atomic mass is 10.1. The molecule has 0 N–H and O–H groups in total. The zero-order valence-electron chi connectivity index (χ0n) is 8.91. The maximum atomic E-state index is 6.05. The SMILES string of the molecule is CSc1ccc(C(Br)c2cc(Cl)c(Br)s2)cc1. The van der Waals surface area contributed by atoms with Crippen LogP contribution < -0.4 is 0 Å². The van der Waals surface area contributed by atoms with Crippen LogP contribution in [-0.4, -0.2) is 6.26 Å². The number of alkyl halides is 1. The van der Waals surface area contributed by atoms with E-state index in [-0.39, 0.29) is 4.83 Å². The predicted octanol–water partition coefficient (Wildman–Crippen LogP) is 6.37. The van der Waals surface area contributed by atoms with E-state index in [4.69, 9.17) is 11.6 Å². The molecule has 17 heavy (non-hydrogen) atoms. The molecule has 1 aromatic carbocycles. The highest BCUT2D eigenvalue weighted by Crippen LogP contribution is 2.41. The Hall–Kier alpha value is 0.520. The number of benzene rings is 1. The first-order valence-corrected chi connectivity index (χ1v) is 8.97. The summed E-state index contributed by atoms with van der Waals surface area (Å²) in [6.45, 7) is 0. The van der Waals surface area contributed by atoms with Gasteiger partial charge in [0.2, 0.25) is 0 Å². The van der Waals surface area contributed by atoms with Crippen LogP contribution in [0.1, 0.15) is 15.3 Å². The van der Waals surface area contributed by atoms with Crippen molar-refractivity contribution in [1.29, 1.82) is 0 Å². The van der Waals surface area contributed by atoms with Gasteiger partial charge in [0.05, 0.1) is 13.6 Å². The standard InChI is InChI=1S/C12H9Br2ClS2/c1-16-8-4-2-7(3-5-8)11(13)10-6-9(15)12(14)17-10/h2-6,11H,1H3. The van der Waals surface area contributed by atoms with Crippen LogP contribution in [0.15, 0.2) is 39.0 Å². The molecule has 0 amide bonds. The molecule has 90 valence electrons. The Labute approximate surface area is 131 Å². The first-order chi connectivity index (χ1) is 8.11. The number of rotatable bonds is 3. The van der Waals surface area contributed by atoms with E-state index in [0.717, 1.165) is 8.81 Å². The van der Waals surface area contributed by atoms with E-state index in [1.165, 1.54) is 15.3 Å². The molecule has 1 unspecified atom stereocenters. The highest BCUT2D eigenvalue weighted by atomic mass is 79.9. The van der Waals surface area contributed by atoms with Gasteiger partial charge in [-0.1, -0.05) is 39.7 Å². The fraction of sp³-hybridized carbons (Fsp3) is 0.167. The zero-order valence-corrected chi connectivity index (χ0v) is 14.5. The van der Waals surface area contributed by atoms with Crippen LogP contribution in [-0.2, 0) is 0 Å². The molecule has 0 spiro atoms. The van der Waals surface area contributed by atoms with Crippen molar-refractivity contribution >= 4 is 66.6 Å². The molecule has 1 aromatic heterocycles. The van der Waals surface area contributed by atoms with Crippen LogP contribution in [0.4, 0.5) is 0 Å². The summed E-state index contributed by atoms with van der Waals surface area (Å²) in [5.74, 6) is 0. The smallest absolute Gasteiger partial charge is 0.0887 e. The first kappa shape index (κ1) is 13.9. The molecule has 0 bridgehead atoms. The Balaban J connectivity index is 2.26. The maximum absolute atomic E-state index is 6.05. The Bertz CT molecular complexity index is 488. The van der Waals surface area contributed by atoms with Crippen molar-refractivity contribution in [3.63, 3.8) is 0 Å². The van der Waals surface area contributed by atoms with E-state index in [2.05, 4.69) is 62.4 Å². The minimum absolute atomic E-state index is 0.201. The van der Waals surface area contributed by atoms with Gasteiger partial charge in [-0.25, -0.2) is 0 Å². The van der Waals surface area contributed by atoms with Crippen molar-refractivity contribution in [3.8, 4) is 0 Å². The molecule has 2 aromatic rings. The second-order valence-electron chi connectivity index (χ2n) is 3.41. The third-order valence-electron chi connectivity index (χ3n) is 2.32. The first-order valence-electron chi connectivity index (χ1n) is 4.84. The van der Waals surface area contributed by atoms with E-state index < -0.39 is 0 Å². The summed E-state index contributed by atoms with van der Waals surface area (Å²) in [6.07, 6.45) is 2.08. The molecule has 0 saturated heterocycles. The minimum Gasteiger partial charge on any atom is -0.130 e. The third kappa shape index (κ3) is 3.29. The zero-order chi connectivity index (χ0) is 12.4. The van der Waals surface area contributed by atoms with Crippen LogP contribution in [0, 0.1) is 0 Å². The lowest BCUT2D eigenvalue weighted by Gasteiger charge is -2.08. The molecule has 1 heterocycles. The van der Waals surface area contributed by atoms with Crippen LogP contribution in [0.2, 0.25) is 5.02 Å². The molecule has 0 aliphatic carbocycles. The number of thioether (sulfide) groups is 1. The van der Waals surface area contributed by atoms with Gasteiger partial charge in [0, 0.05) is 9.77 Å². The third-order valence-corrected chi connectivity index (χ3v) is 6.93. The molecule has 0 fully saturated rings. The predicted molar refractivity (Wildman–Crippen MR) is 86.0 cm³/mol. The second kappa shape index (κ2) is 6.11. The number of hydrogen-bond donors (Lipinski definition) is 0. The molecule has 0 radical (unpaired) electrons.